The average molecular weight is 445 g/mol. The zero-order valence-corrected chi connectivity index (χ0v) is 18.5. The molecule has 1 heterocycles. The number of aryl methyl sites for hydroxylation is 1. The molecule has 0 radical (unpaired) electrons. The van der Waals surface area contributed by atoms with E-state index >= 15 is 0 Å². The van der Waals surface area contributed by atoms with Crippen molar-refractivity contribution in [3.05, 3.63) is 86.7 Å². The molecule has 0 aliphatic carbocycles. The topological polar surface area (TPSA) is 67.2 Å². The molecule has 0 fully saturated rings. The number of rotatable bonds is 6. The summed E-state index contributed by atoms with van der Waals surface area (Å²) in [6.07, 6.45) is 0. The first-order valence-electron chi connectivity index (χ1n) is 9.33. The van der Waals surface area contributed by atoms with Crippen molar-refractivity contribution >= 4 is 35.0 Å². The third kappa shape index (κ3) is 4.83. The summed E-state index contributed by atoms with van der Waals surface area (Å²) in [5.74, 6) is -0.379. The van der Waals surface area contributed by atoms with E-state index in [-0.39, 0.29) is 17.0 Å². The van der Waals surface area contributed by atoms with Crippen molar-refractivity contribution in [1.82, 2.24) is 20.0 Å². The number of nitrogens with one attached hydrogen (secondary N) is 1. The Morgan fingerprint density at radius 1 is 1.07 bits per heavy atom. The van der Waals surface area contributed by atoms with Gasteiger partial charge in [0.2, 0.25) is 0 Å². The lowest BCUT2D eigenvalue weighted by Crippen LogP contribution is -2.24. The molecule has 1 aromatic heterocycles. The number of amides is 2. The van der Waals surface area contributed by atoms with Gasteiger partial charge in [-0.1, -0.05) is 53.5 Å². The molecule has 1 N–H and O–H groups in total. The van der Waals surface area contributed by atoms with E-state index in [0.717, 1.165) is 11.1 Å². The van der Waals surface area contributed by atoms with Gasteiger partial charge in [0.1, 0.15) is 5.15 Å². The molecule has 0 bridgehead atoms. The van der Waals surface area contributed by atoms with Crippen LogP contribution < -0.4 is 5.32 Å². The van der Waals surface area contributed by atoms with Crippen LogP contribution in [0.4, 0.5) is 0 Å². The molecule has 156 valence electrons. The molecule has 3 aromatic rings. The van der Waals surface area contributed by atoms with Crippen molar-refractivity contribution in [3.8, 4) is 0 Å². The van der Waals surface area contributed by atoms with Gasteiger partial charge in [0, 0.05) is 31.2 Å². The van der Waals surface area contributed by atoms with Gasteiger partial charge in [-0.3, -0.25) is 9.59 Å². The van der Waals surface area contributed by atoms with Gasteiger partial charge in [-0.15, -0.1) is 0 Å². The zero-order chi connectivity index (χ0) is 21.8. The summed E-state index contributed by atoms with van der Waals surface area (Å²) in [5.41, 5.74) is 3.20. The van der Waals surface area contributed by atoms with E-state index in [0.29, 0.717) is 34.9 Å². The number of nitrogens with zero attached hydrogens (tertiary/aromatic N) is 3. The van der Waals surface area contributed by atoms with E-state index in [1.54, 1.807) is 43.9 Å². The fraction of sp³-hybridized carbons (Fsp3) is 0.227. The molecular formula is C22H22Cl2N4O2. The second kappa shape index (κ2) is 9.32. The number of hydrogen-bond acceptors (Lipinski definition) is 3. The van der Waals surface area contributed by atoms with Gasteiger partial charge in [0.15, 0.2) is 0 Å². The molecule has 0 aliphatic heterocycles. The van der Waals surface area contributed by atoms with Gasteiger partial charge in [0.25, 0.3) is 11.8 Å². The van der Waals surface area contributed by atoms with E-state index in [1.807, 2.05) is 30.3 Å². The van der Waals surface area contributed by atoms with Crippen molar-refractivity contribution in [2.24, 2.45) is 0 Å². The summed E-state index contributed by atoms with van der Waals surface area (Å²) in [5, 5.41) is 8.13. The maximum atomic E-state index is 12.7. The molecular weight excluding hydrogens is 423 g/mol. The fourth-order valence-corrected chi connectivity index (χ4v) is 3.51. The zero-order valence-electron chi connectivity index (χ0n) is 16.9. The predicted molar refractivity (Wildman–Crippen MR) is 118 cm³/mol. The third-order valence-electron chi connectivity index (χ3n) is 4.63. The van der Waals surface area contributed by atoms with Crippen LogP contribution in [0.3, 0.4) is 0 Å². The first-order valence-corrected chi connectivity index (χ1v) is 10.1. The number of benzene rings is 2. The first kappa shape index (κ1) is 21.9. The SMILES string of the molecule is Cc1nn(Cc2ccccc2Cl)c(Cl)c1C(=O)NCc1ccc(C(=O)N(C)C)cc1. The van der Waals surface area contributed by atoms with Gasteiger partial charge < -0.3 is 10.2 Å². The lowest BCUT2D eigenvalue weighted by Gasteiger charge is -2.11. The largest absolute Gasteiger partial charge is 0.348 e. The Hall–Kier alpha value is -2.83. The number of carbonyl (C=O) groups is 2. The minimum absolute atomic E-state index is 0.0704. The van der Waals surface area contributed by atoms with Gasteiger partial charge in [0.05, 0.1) is 17.8 Å². The summed E-state index contributed by atoms with van der Waals surface area (Å²) in [7, 11) is 3.41. The average Bonchev–Trinajstić information content (AvgIpc) is 3.00. The highest BCUT2D eigenvalue weighted by Crippen LogP contribution is 2.23. The molecule has 0 saturated carbocycles. The normalized spacial score (nSPS) is 10.7. The number of halogens is 2. The van der Waals surface area contributed by atoms with Gasteiger partial charge >= 0.3 is 0 Å². The molecule has 0 aliphatic rings. The number of carbonyl (C=O) groups excluding carboxylic acids is 2. The standard InChI is InChI=1S/C22H22Cl2N4O2/c1-14-19(20(24)28(26-14)13-17-6-4-5-7-18(17)23)21(29)25-12-15-8-10-16(11-9-15)22(30)27(2)3/h4-11H,12-13H2,1-3H3,(H,25,29). The summed E-state index contributed by atoms with van der Waals surface area (Å²) in [4.78, 5) is 26.2. The first-order chi connectivity index (χ1) is 14.3. The molecule has 6 nitrogen and oxygen atoms in total. The predicted octanol–water partition coefficient (Wildman–Crippen LogP) is 4.18. The van der Waals surface area contributed by atoms with Crippen LogP contribution in [-0.4, -0.2) is 40.6 Å². The molecule has 8 heteroatoms. The van der Waals surface area contributed by atoms with Crippen LogP contribution in [0.1, 0.15) is 37.5 Å². The van der Waals surface area contributed by atoms with Crippen molar-refractivity contribution in [3.63, 3.8) is 0 Å². The van der Waals surface area contributed by atoms with E-state index in [9.17, 15) is 9.59 Å². The minimum Gasteiger partial charge on any atom is -0.348 e. The van der Waals surface area contributed by atoms with Crippen molar-refractivity contribution in [2.45, 2.75) is 20.0 Å². The van der Waals surface area contributed by atoms with Crippen LogP contribution in [0.2, 0.25) is 10.2 Å². The Morgan fingerprint density at radius 2 is 1.73 bits per heavy atom. The second-order valence-corrected chi connectivity index (χ2v) is 7.84. The van der Waals surface area contributed by atoms with E-state index in [1.165, 1.54) is 4.90 Å². The van der Waals surface area contributed by atoms with Crippen LogP contribution in [0.15, 0.2) is 48.5 Å². The second-order valence-electron chi connectivity index (χ2n) is 7.08. The highest BCUT2D eigenvalue weighted by molar-refractivity contribution is 6.33. The van der Waals surface area contributed by atoms with Gasteiger partial charge in [-0.2, -0.15) is 5.10 Å². The molecule has 0 atom stereocenters. The smallest absolute Gasteiger partial charge is 0.256 e. The maximum Gasteiger partial charge on any atom is 0.256 e. The van der Waals surface area contributed by atoms with E-state index < -0.39 is 0 Å². The molecule has 3 rings (SSSR count). The molecule has 0 saturated heterocycles. The summed E-state index contributed by atoms with van der Waals surface area (Å²) in [6, 6.07) is 14.5. The van der Waals surface area contributed by atoms with Crippen LogP contribution >= 0.6 is 23.2 Å². The minimum atomic E-state index is -0.309. The monoisotopic (exact) mass is 444 g/mol. The Bertz CT molecular complexity index is 1080. The highest BCUT2D eigenvalue weighted by atomic mass is 35.5. The van der Waals surface area contributed by atoms with Crippen molar-refractivity contribution in [2.75, 3.05) is 14.1 Å². The van der Waals surface area contributed by atoms with E-state index in [4.69, 9.17) is 23.2 Å². The summed E-state index contributed by atoms with van der Waals surface area (Å²) < 4.78 is 1.56. The van der Waals surface area contributed by atoms with Crippen molar-refractivity contribution < 1.29 is 9.59 Å². The summed E-state index contributed by atoms with van der Waals surface area (Å²) in [6.45, 7) is 2.42. The molecule has 30 heavy (non-hydrogen) atoms. The number of aromatic nitrogens is 2. The Kier molecular flexibility index (Phi) is 6.80. The quantitative estimate of drug-likeness (QED) is 0.619. The fourth-order valence-electron chi connectivity index (χ4n) is 3.00. The van der Waals surface area contributed by atoms with Crippen molar-refractivity contribution in [1.29, 1.82) is 0 Å². The molecule has 0 spiro atoms. The Morgan fingerprint density at radius 3 is 2.37 bits per heavy atom. The summed E-state index contributed by atoms with van der Waals surface area (Å²) >= 11 is 12.7. The van der Waals surface area contributed by atoms with E-state index in [2.05, 4.69) is 10.4 Å². The van der Waals surface area contributed by atoms with Crippen LogP contribution in [-0.2, 0) is 13.1 Å². The van der Waals surface area contributed by atoms with Crippen LogP contribution in [0, 0.1) is 6.92 Å². The van der Waals surface area contributed by atoms with Gasteiger partial charge in [-0.05, 0) is 36.2 Å². The number of hydrogen-bond donors (Lipinski definition) is 1. The van der Waals surface area contributed by atoms with Crippen LogP contribution in [0.5, 0.6) is 0 Å². The third-order valence-corrected chi connectivity index (χ3v) is 5.38. The van der Waals surface area contributed by atoms with Crippen LogP contribution in [0.25, 0.3) is 0 Å². The lowest BCUT2D eigenvalue weighted by molar-refractivity contribution is 0.0827. The maximum absolute atomic E-state index is 12.7. The highest BCUT2D eigenvalue weighted by Gasteiger charge is 2.20. The molecule has 2 aromatic carbocycles. The van der Waals surface area contributed by atoms with Gasteiger partial charge in [-0.25, -0.2) is 4.68 Å². The molecule has 0 unspecified atom stereocenters. The molecule has 2 amide bonds. The Balaban J connectivity index is 1.69. The lowest BCUT2D eigenvalue weighted by atomic mass is 10.1. The Labute approximate surface area is 185 Å².